The third-order valence-electron chi connectivity index (χ3n) is 4.03. The molecular weight excluding hydrogens is 320 g/mol. The molecule has 2 aromatic rings. The molecule has 8 nitrogen and oxygen atoms in total. The molecule has 130 valence electrons. The lowest BCUT2D eigenvalue weighted by Gasteiger charge is -2.39. The zero-order valence-electron chi connectivity index (χ0n) is 12.8. The fraction of sp³-hybridized carbons (Fsp3) is 0.438. The van der Waals surface area contributed by atoms with E-state index in [1.165, 1.54) is 0 Å². The summed E-state index contributed by atoms with van der Waals surface area (Å²) >= 11 is 0. The summed E-state index contributed by atoms with van der Waals surface area (Å²) < 4.78 is 16.0. The van der Waals surface area contributed by atoms with Crippen molar-refractivity contribution in [1.29, 1.82) is 0 Å². The van der Waals surface area contributed by atoms with Crippen molar-refractivity contribution in [3.63, 3.8) is 0 Å². The number of aryl methyl sites for hydroxylation is 1. The molecule has 5 atom stereocenters. The summed E-state index contributed by atoms with van der Waals surface area (Å²) in [6.07, 6.45) is -7.07. The van der Waals surface area contributed by atoms with E-state index >= 15 is 0 Å². The van der Waals surface area contributed by atoms with E-state index in [-0.39, 0.29) is 5.75 Å². The van der Waals surface area contributed by atoms with Crippen LogP contribution in [0.1, 0.15) is 5.56 Å². The second-order valence-electron chi connectivity index (χ2n) is 5.69. The van der Waals surface area contributed by atoms with Crippen LogP contribution in [0.15, 0.2) is 33.5 Å². The van der Waals surface area contributed by atoms with Crippen LogP contribution >= 0.6 is 0 Å². The summed E-state index contributed by atoms with van der Waals surface area (Å²) in [5.41, 5.74) is 0.436. The van der Waals surface area contributed by atoms with Crippen LogP contribution in [0.25, 0.3) is 11.0 Å². The normalized spacial score (nSPS) is 30.5. The minimum atomic E-state index is -1.56. The van der Waals surface area contributed by atoms with E-state index in [0.717, 1.165) is 11.6 Å². The first-order valence-electron chi connectivity index (χ1n) is 7.43. The smallest absolute Gasteiger partial charge is 0.339 e. The van der Waals surface area contributed by atoms with Gasteiger partial charge in [-0.25, -0.2) is 4.79 Å². The Morgan fingerprint density at radius 1 is 1.17 bits per heavy atom. The lowest BCUT2D eigenvalue weighted by molar-refractivity contribution is -0.277. The molecule has 0 spiro atoms. The van der Waals surface area contributed by atoms with Crippen molar-refractivity contribution in [2.24, 2.45) is 0 Å². The highest BCUT2D eigenvalue weighted by Crippen LogP contribution is 2.30. The van der Waals surface area contributed by atoms with E-state index in [9.17, 15) is 25.2 Å². The van der Waals surface area contributed by atoms with Crippen molar-refractivity contribution in [3.05, 3.63) is 40.2 Å². The average Bonchev–Trinajstić information content (AvgIpc) is 2.55. The van der Waals surface area contributed by atoms with E-state index < -0.39 is 42.9 Å². The molecule has 1 aromatic carbocycles. The monoisotopic (exact) mass is 338 g/mol. The third kappa shape index (κ3) is 2.90. The summed E-state index contributed by atoms with van der Waals surface area (Å²) in [6.45, 7) is 1.23. The van der Waals surface area contributed by atoms with E-state index in [0.29, 0.717) is 11.0 Å². The van der Waals surface area contributed by atoms with Gasteiger partial charge in [-0.1, -0.05) is 12.1 Å². The molecule has 0 bridgehead atoms. The van der Waals surface area contributed by atoms with Crippen molar-refractivity contribution in [3.8, 4) is 5.75 Å². The summed E-state index contributed by atoms with van der Waals surface area (Å²) in [7, 11) is 0. The minimum absolute atomic E-state index is 0.115. The first kappa shape index (κ1) is 16.9. The number of fused-ring (bicyclic) bond motifs is 1. The molecule has 4 N–H and O–H groups in total. The number of aliphatic hydroxyl groups excluding tert-OH is 4. The number of ether oxygens (including phenoxy) is 2. The maximum absolute atomic E-state index is 11.7. The van der Waals surface area contributed by atoms with Gasteiger partial charge in [0.15, 0.2) is 0 Å². The zero-order valence-corrected chi connectivity index (χ0v) is 12.8. The Balaban J connectivity index is 1.99. The molecule has 0 radical (unpaired) electrons. The van der Waals surface area contributed by atoms with Gasteiger partial charge in [-0.05, 0) is 18.6 Å². The van der Waals surface area contributed by atoms with E-state index in [4.69, 9.17) is 13.9 Å². The van der Waals surface area contributed by atoms with Crippen LogP contribution in [0.2, 0.25) is 0 Å². The van der Waals surface area contributed by atoms with Crippen LogP contribution in [-0.4, -0.2) is 57.7 Å². The summed E-state index contributed by atoms with van der Waals surface area (Å²) in [4.78, 5) is 11.7. The molecule has 0 saturated carbocycles. The third-order valence-corrected chi connectivity index (χ3v) is 4.03. The Bertz CT molecular complexity index is 783. The van der Waals surface area contributed by atoms with Crippen LogP contribution in [0.4, 0.5) is 0 Å². The molecule has 2 heterocycles. The van der Waals surface area contributed by atoms with Crippen molar-refractivity contribution in [1.82, 2.24) is 0 Å². The Labute approximate surface area is 136 Å². The van der Waals surface area contributed by atoms with Gasteiger partial charge in [0.1, 0.15) is 35.7 Å². The number of aliphatic hydroxyl groups is 4. The highest BCUT2D eigenvalue weighted by molar-refractivity contribution is 5.86. The summed E-state index contributed by atoms with van der Waals surface area (Å²) in [6, 6.07) is 6.22. The van der Waals surface area contributed by atoms with Crippen LogP contribution < -0.4 is 10.4 Å². The van der Waals surface area contributed by atoms with E-state index in [1.807, 2.05) is 0 Å². The van der Waals surface area contributed by atoms with Gasteiger partial charge in [-0.15, -0.1) is 0 Å². The van der Waals surface area contributed by atoms with Crippen LogP contribution in [0.3, 0.4) is 0 Å². The second-order valence-corrected chi connectivity index (χ2v) is 5.69. The number of hydrogen-bond donors (Lipinski definition) is 4. The Morgan fingerprint density at radius 2 is 1.92 bits per heavy atom. The Hall–Kier alpha value is -1.97. The predicted octanol–water partition coefficient (Wildman–Crippen LogP) is -0.720. The molecule has 1 saturated heterocycles. The second kappa shape index (κ2) is 6.50. The standard InChI is InChI=1S/C16H18O8/c1-7-3-2-4-8-12(7)9(5-11(18)22-8)23-16-15(21)14(20)13(19)10(6-17)24-16/h2-5,10,13-17,19-21H,6H2,1H3/t10-,13-,14-,15-,16-/m0/s1. The van der Waals surface area contributed by atoms with Gasteiger partial charge in [0.25, 0.3) is 0 Å². The first-order valence-corrected chi connectivity index (χ1v) is 7.43. The highest BCUT2D eigenvalue weighted by Gasteiger charge is 2.44. The molecule has 0 amide bonds. The molecule has 1 aliphatic rings. The quantitative estimate of drug-likeness (QED) is 0.540. The summed E-state index contributed by atoms with van der Waals surface area (Å²) in [5.74, 6) is 0.115. The van der Waals surface area contributed by atoms with Gasteiger partial charge in [0.05, 0.1) is 18.1 Å². The molecule has 1 aromatic heterocycles. The lowest BCUT2D eigenvalue weighted by Crippen LogP contribution is -2.60. The fourth-order valence-electron chi connectivity index (χ4n) is 2.74. The van der Waals surface area contributed by atoms with Crippen LogP contribution in [-0.2, 0) is 4.74 Å². The van der Waals surface area contributed by atoms with Gasteiger partial charge >= 0.3 is 5.63 Å². The van der Waals surface area contributed by atoms with E-state index in [2.05, 4.69) is 0 Å². The lowest BCUT2D eigenvalue weighted by atomic mass is 9.99. The highest BCUT2D eigenvalue weighted by atomic mass is 16.7. The van der Waals surface area contributed by atoms with Crippen LogP contribution in [0.5, 0.6) is 5.75 Å². The molecule has 1 fully saturated rings. The zero-order chi connectivity index (χ0) is 17.4. The predicted molar refractivity (Wildman–Crippen MR) is 81.6 cm³/mol. The molecule has 24 heavy (non-hydrogen) atoms. The SMILES string of the molecule is Cc1cccc2oc(=O)cc(O[C@H]3O[C@@H](CO)[C@H](O)[C@H](O)[C@@H]3O)c12. The van der Waals surface area contributed by atoms with Crippen molar-refractivity contribution >= 4 is 11.0 Å². The fourth-order valence-corrected chi connectivity index (χ4v) is 2.74. The van der Waals surface area contributed by atoms with Crippen molar-refractivity contribution in [2.75, 3.05) is 6.61 Å². The molecule has 1 aliphatic heterocycles. The molecule has 0 aliphatic carbocycles. The maximum Gasteiger partial charge on any atom is 0.339 e. The van der Waals surface area contributed by atoms with Gasteiger partial charge in [-0.2, -0.15) is 0 Å². The van der Waals surface area contributed by atoms with Gasteiger partial charge < -0.3 is 34.3 Å². The Kier molecular flexibility index (Phi) is 4.57. The number of benzene rings is 1. The van der Waals surface area contributed by atoms with Gasteiger partial charge in [-0.3, -0.25) is 0 Å². The van der Waals surface area contributed by atoms with Crippen LogP contribution in [0, 0.1) is 6.92 Å². The molecule has 8 heteroatoms. The number of hydrogen-bond acceptors (Lipinski definition) is 8. The maximum atomic E-state index is 11.7. The van der Waals surface area contributed by atoms with Gasteiger partial charge in [0.2, 0.25) is 6.29 Å². The number of rotatable bonds is 3. The minimum Gasteiger partial charge on any atom is -0.461 e. The molecule has 0 unspecified atom stereocenters. The van der Waals surface area contributed by atoms with Gasteiger partial charge in [0, 0.05) is 0 Å². The first-order chi connectivity index (χ1) is 11.4. The summed E-state index contributed by atoms with van der Waals surface area (Å²) in [5, 5.41) is 39.4. The Morgan fingerprint density at radius 3 is 2.62 bits per heavy atom. The van der Waals surface area contributed by atoms with Crippen molar-refractivity contribution < 1.29 is 34.3 Å². The topological polar surface area (TPSA) is 130 Å². The molecular formula is C16H18O8. The molecule has 3 rings (SSSR count). The van der Waals surface area contributed by atoms with E-state index in [1.54, 1.807) is 25.1 Å². The average molecular weight is 338 g/mol. The largest absolute Gasteiger partial charge is 0.461 e. The van der Waals surface area contributed by atoms with Crippen molar-refractivity contribution in [2.45, 2.75) is 37.6 Å².